The third-order valence-electron chi connectivity index (χ3n) is 6.63. The second-order valence-corrected chi connectivity index (χ2v) is 7.79. The van der Waals surface area contributed by atoms with Crippen LogP contribution in [-0.2, 0) is 0 Å². The first-order chi connectivity index (χ1) is 9.79. The van der Waals surface area contributed by atoms with Gasteiger partial charge in [-0.3, -0.25) is 0 Å². The minimum absolute atomic E-state index is 0.805. The van der Waals surface area contributed by atoms with Crippen molar-refractivity contribution in [3.8, 4) is 0 Å². The summed E-state index contributed by atoms with van der Waals surface area (Å²) in [5, 5.41) is 4.07. The van der Waals surface area contributed by atoms with Crippen LogP contribution in [0, 0.1) is 0 Å². The van der Waals surface area contributed by atoms with E-state index in [0.29, 0.717) is 0 Å². The molecule has 2 bridgehead atoms. The zero-order chi connectivity index (χ0) is 13.5. The maximum atomic E-state index is 4.07. The van der Waals surface area contributed by atoms with Gasteiger partial charge in [0.15, 0.2) is 0 Å². The van der Waals surface area contributed by atoms with Crippen LogP contribution >= 0.6 is 0 Å². The molecule has 4 rings (SSSR count). The fraction of sp³-hybridized carbons (Fsp3) is 1.00. The van der Waals surface area contributed by atoms with Crippen molar-refractivity contribution >= 4 is 0 Å². The van der Waals surface area contributed by atoms with E-state index in [1.165, 1.54) is 70.9 Å². The van der Waals surface area contributed by atoms with Crippen molar-refractivity contribution in [1.82, 2.24) is 15.1 Å². The summed E-state index contributed by atoms with van der Waals surface area (Å²) < 4.78 is 0. The van der Waals surface area contributed by atoms with E-state index in [1.807, 2.05) is 0 Å². The van der Waals surface area contributed by atoms with Crippen LogP contribution in [0.25, 0.3) is 0 Å². The highest BCUT2D eigenvalue weighted by molar-refractivity contribution is 4.96. The van der Waals surface area contributed by atoms with E-state index in [1.54, 1.807) is 0 Å². The molecule has 0 aliphatic carbocycles. The molecule has 1 N–H and O–H groups in total. The lowest BCUT2D eigenvalue weighted by molar-refractivity contribution is 0.0413. The second kappa shape index (κ2) is 5.58. The van der Waals surface area contributed by atoms with E-state index < -0.39 is 0 Å². The minimum Gasteiger partial charge on any atom is -0.311 e. The van der Waals surface area contributed by atoms with Gasteiger partial charge in [-0.1, -0.05) is 6.42 Å². The van der Waals surface area contributed by atoms with Crippen LogP contribution in [0.5, 0.6) is 0 Å². The number of hydrogen-bond acceptors (Lipinski definition) is 3. The standard InChI is InChI=1S/C17H31N3/c1-19-15-4-2-5-16(19)12-14(11-15)18-13-7-9-20-8-3-6-17(20)10-13/h13-18H,2-12H2,1H3. The molecule has 0 aromatic rings. The average molecular weight is 277 g/mol. The summed E-state index contributed by atoms with van der Waals surface area (Å²) in [6.07, 6.45) is 12.8. The Morgan fingerprint density at radius 2 is 1.45 bits per heavy atom. The lowest BCUT2D eigenvalue weighted by Crippen LogP contribution is -2.57. The van der Waals surface area contributed by atoms with Crippen LogP contribution in [-0.4, -0.2) is 60.1 Å². The van der Waals surface area contributed by atoms with Gasteiger partial charge in [-0.15, -0.1) is 0 Å². The van der Waals surface area contributed by atoms with Gasteiger partial charge in [0.25, 0.3) is 0 Å². The maximum Gasteiger partial charge on any atom is 0.0111 e. The smallest absolute Gasteiger partial charge is 0.0111 e. The molecule has 4 fully saturated rings. The van der Waals surface area contributed by atoms with E-state index in [9.17, 15) is 0 Å². The molecule has 4 aliphatic heterocycles. The Morgan fingerprint density at radius 1 is 0.750 bits per heavy atom. The first-order valence-electron chi connectivity index (χ1n) is 9.01. The van der Waals surface area contributed by atoms with Gasteiger partial charge in [-0.05, 0) is 71.5 Å². The molecule has 4 atom stereocenters. The van der Waals surface area contributed by atoms with Crippen LogP contribution in [0.4, 0.5) is 0 Å². The van der Waals surface area contributed by atoms with E-state index >= 15 is 0 Å². The van der Waals surface area contributed by atoms with Gasteiger partial charge in [0.1, 0.15) is 0 Å². The molecule has 4 saturated heterocycles. The summed E-state index contributed by atoms with van der Waals surface area (Å²) in [6.45, 7) is 2.72. The maximum absolute atomic E-state index is 4.07. The molecule has 0 saturated carbocycles. The Kier molecular flexibility index (Phi) is 3.78. The molecule has 4 aliphatic rings. The molecule has 0 amide bonds. The van der Waals surface area contributed by atoms with Crippen molar-refractivity contribution in [2.45, 2.75) is 88.0 Å². The molecule has 4 unspecified atom stereocenters. The van der Waals surface area contributed by atoms with E-state index in [0.717, 1.165) is 30.2 Å². The fourth-order valence-electron chi connectivity index (χ4n) is 5.46. The molecule has 20 heavy (non-hydrogen) atoms. The first-order valence-corrected chi connectivity index (χ1v) is 9.01. The van der Waals surface area contributed by atoms with E-state index in [-0.39, 0.29) is 0 Å². The van der Waals surface area contributed by atoms with Gasteiger partial charge in [-0.25, -0.2) is 0 Å². The van der Waals surface area contributed by atoms with Crippen molar-refractivity contribution in [3.05, 3.63) is 0 Å². The van der Waals surface area contributed by atoms with Crippen LogP contribution in [0.15, 0.2) is 0 Å². The molecule has 0 aromatic heterocycles. The molecule has 0 aromatic carbocycles. The van der Waals surface area contributed by atoms with Crippen molar-refractivity contribution in [2.24, 2.45) is 0 Å². The second-order valence-electron chi connectivity index (χ2n) is 7.79. The van der Waals surface area contributed by atoms with Gasteiger partial charge in [0, 0.05) is 30.2 Å². The highest BCUT2D eigenvalue weighted by Gasteiger charge is 2.38. The van der Waals surface area contributed by atoms with Crippen molar-refractivity contribution < 1.29 is 0 Å². The van der Waals surface area contributed by atoms with Gasteiger partial charge in [-0.2, -0.15) is 0 Å². The summed E-state index contributed by atoms with van der Waals surface area (Å²) in [5.41, 5.74) is 0. The lowest BCUT2D eigenvalue weighted by Gasteiger charge is -2.48. The third-order valence-corrected chi connectivity index (χ3v) is 6.63. The number of rotatable bonds is 2. The summed E-state index contributed by atoms with van der Waals surface area (Å²) in [6, 6.07) is 4.26. The Balaban J connectivity index is 1.33. The van der Waals surface area contributed by atoms with Crippen LogP contribution in [0.3, 0.4) is 0 Å². The molecule has 3 heteroatoms. The van der Waals surface area contributed by atoms with Crippen LogP contribution < -0.4 is 5.32 Å². The molecule has 0 spiro atoms. The molecule has 3 nitrogen and oxygen atoms in total. The molecular weight excluding hydrogens is 246 g/mol. The van der Waals surface area contributed by atoms with Gasteiger partial charge in [0.05, 0.1) is 0 Å². The normalized spacial score (nSPS) is 46.4. The highest BCUT2D eigenvalue weighted by Crippen LogP contribution is 2.34. The van der Waals surface area contributed by atoms with Crippen LogP contribution in [0.1, 0.15) is 57.8 Å². The summed E-state index contributed by atoms with van der Waals surface area (Å²) in [4.78, 5) is 5.42. The zero-order valence-electron chi connectivity index (χ0n) is 13.1. The Hall–Kier alpha value is -0.120. The number of nitrogens with one attached hydrogen (secondary N) is 1. The number of fused-ring (bicyclic) bond motifs is 3. The van der Waals surface area contributed by atoms with Crippen molar-refractivity contribution in [1.29, 1.82) is 0 Å². The number of piperidine rings is 3. The summed E-state index contributed by atoms with van der Waals surface area (Å²) in [5.74, 6) is 0. The summed E-state index contributed by atoms with van der Waals surface area (Å²) in [7, 11) is 2.36. The highest BCUT2D eigenvalue weighted by atomic mass is 15.2. The predicted octanol–water partition coefficient (Wildman–Crippen LogP) is 2.22. The van der Waals surface area contributed by atoms with E-state index in [4.69, 9.17) is 0 Å². The van der Waals surface area contributed by atoms with E-state index in [2.05, 4.69) is 22.2 Å². The van der Waals surface area contributed by atoms with Crippen molar-refractivity contribution in [2.75, 3.05) is 20.1 Å². The minimum atomic E-state index is 0.805. The number of hydrogen-bond donors (Lipinski definition) is 1. The molecule has 114 valence electrons. The predicted molar refractivity (Wildman–Crippen MR) is 83.0 cm³/mol. The van der Waals surface area contributed by atoms with Crippen molar-refractivity contribution in [3.63, 3.8) is 0 Å². The third kappa shape index (κ3) is 2.53. The molecular formula is C17H31N3. The quantitative estimate of drug-likeness (QED) is 0.835. The monoisotopic (exact) mass is 277 g/mol. The van der Waals surface area contributed by atoms with Gasteiger partial charge < -0.3 is 15.1 Å². The average Bonchev–Trinajstić information content (AvgIpc) is 2.87. The van der Waals surface area contributed by atoms with Crippen LogP contribution in [0.2, 0.25) is 0 Å². The first kappa shape index (κ1) is 13.5. The summed E-state index contributed by atoms with van der Waals surface area (Å²) >= 11 is 0. The SMILES string of the molecule is CN1C2CCCC1CC(NC1CCN3CCCC3C1)C2. The topological polar surface area (TPSA) is 18.5 Å². The lowest BCUT2D eigenvalue weighted by atomic mass is 9.81. The van der Waals surface area contributed by atoms with Gasteiger partial charge in [0.2, 0.25) is 0 Å². The molecule has 4 heterocycles. The van der Waals surface area contributed by atoms with Gasteiger partial charge >= 0.3 is 0 Å². The Bertz CT molecular complexity index is 331. The molecule has 0 radical (unpaired) electrons. The largest absolute Gasteiger partial charge is 0.311 e. The zero-order valence-corrected chi connectivity index (χ0v) is 13.1. The Labute approximate surface area is 124 Å². The fourth-order valence-corrected chi connectivity index (χ4v) is 5.46. The Morgan fingerprint density at radius 3 is 2.25 bits per heavy atom. The number of nitrogens with zero attached hydrogens (tertiary/aromatic N) is 2.